The molecule has 6 heteroatoms. The first kappa shape index (κ1) is 7.74. The van der Waals surface area contributed by atoms with Gasteiger partial charge in [0.1, 0.15) is 6.54 Å². The minimum atomic E-state index is -0.737. The molecule has 1 aliphatic heterocycles. The molecule has 1 heterocycles. The molecule has 0 aromatic heterocycles. The summed E-state index contributed by atoms with van der Waals surface area (Å²) >= 11 is 7.55. The number of nitrogens with zero attached hydrogens (tertiary/aromatic N) is 1. The van der Waals surface area contributed by atoms with Crippen LogP contribution < -0.4 is 5.32 Å². The lowest BCUT2D eigenvalue weighted by atomic mass is 10.4. The van der Waals surface area contributed by atoms with Crippen LogP contribution >= 0.6 is 25.4 Å². The molecule has 1 aliphatic rings. The van der Waals surface area contributed by atoms with Gasteiger partial charge < -0.3 is 5.32 Å². The predicted molar refractivity (Wildman–Crippen MR) is 41.6 cm³/mol. The number of hydrogen-bond donors (Lipinski definition) is 3. The smallest absolute Gasteiger partial charge is 0.265 e. The maximum absolute atomic E-state index is 10.8. The van der Waals surface area contributed by atoms with Crippen LogP contribution in [0.4, 0.5) is 0 Å². The molecular weight excluding hydrogens is 172 g/mol. The third-order valence-electron chi connectivity index (χ3n) is 1.08. The molecular formula is C4H6N2O2S2. The number of hydrogen-bond acceptors (Lipinski definition) is 4. The number of piperazine rings is 1. The van der Waals surface area contributed by atoms with Crippen LogP contribution in [0.15, 0.2) is 0 Å². The number of carbonyl (C=O) groups excluding carboxylic acids is 2. The van der Waals surface area contributed by atoms with E-state index in [-0.39, 0.29) is 18.4 Å². The van der Waals surface area contributed by atoms with Crippen LogP contribution in [0, 0.1) is 0 Å². The molecule has 56 valence electrons. The standard InChI is InChI=1S/C4H6N2O2S2/c7-2-1-6(10)4(8)3(9)5-2/h3,9-10H,1H2,(H,5,7). The van der Waals surface area contributed by atoms with Crippen molar-refractivity contribution in [2.75, 3.05) is 6.54 Å². The summed E-state index contributed by atoms with van der Waals surface area (Å²) in [4.78, 5) is 21.5. The van der Waals surface area contributed by atoms with Crippen LogP contribution in [0.3, 0.4) is 0 Å². The van der Waals surface area contributed by atoms with E-state index in [0.717, 1.165) is 4.31 Å². The van der Waals surface area contributed by atoms with Crippen LogP contribution in [0.2, 0.25) is 0 Å². The van der Waals surface area contributed by atoms with Crippen molar-refractivity contribution in [2.24, 2.45) is 0 Å². The van der Waals surface area contributed by atoms with Crippen molar-refractivity contribution < 1.29 is 9.59 Å². The van der Waals surface area contributed by atoms with Gasteiger partial charge in [0.25, 0.3) is 5.91 Å². The second kappa shape index (κ2) is 2.71. The van der Waals surface area contributed by atoms with Gasteiger partial charge in [0.15, 0.2) is 5.37 Å². The Morgan fingerprint density at radius 3 is 2.70 bits per heavy atom. The lowest BCUT2D eigenvalue weighted by Crippen LogP contribution is -2.52. The summed E-state index contributed by atoms with van der Waals surface area (Å²) < 4.78 is 1.04. The number of carbonyl (C=O) groups is 2. The summed E-state index contributed by atoms with van der Waals surface area (Å²) in [5, 5.41) is 1.61. The first-order chi connectivity index (χ1) is 4.61. The van der Waals surface area contributed by atoms with E-state index in [1.54, 1.807) is 0 Å². The van der Waals surface area contributed by atoms with Gasteiger partial charge in [-0.25, -0.2) is 0 Å². The Morgan fingerprint density at radius 1 is 1.60 bits per heavy atom. The fraction of sp³-hybridized carbons (Fsp3) is 0.500. The largest absolute Gasteiger partial charge is 0.335 e. The highest BCUT2D eigenvalue weighted by Crippen LogP contribution is 2.06. The van der Waals surface area contributed by atoms with Gasteiger partial charge in [0.05, 0.1) is 0 Å². The molecule has 1 saturated heterocycles. The Hall–Kier alpha value is -0.360. The van der Waals surface area contributed by atoms with Gasteiger partial charge in [0, 0.05) is 0 Å². The molecule has 10 heavy (non-hydrogen) atoms. The quantitative estimate of drug-likeness (QED) is 0.419. The molecule has 0 aromatic rings. The maximum Gasteiger partial charge on any atom is 0.265 e. The van der Waals surface area contributed by atoms with Gasteiger partial charge in [-0.2, -0.15) is 0 Å². The van der Waals surface area contributed by atoms with E-state index < -0.39 is 5.37 Å². The Morgan fingerprint density at radius 2 is 2.20 bits per heavy atom. The third-order valence-corrected chi connectivity index (χ3v) is 1.77. The van der Waals surface area contributed by atoms with E-state index in [0.29, 0.717) is 0 Å². The van der Waals surface area contributed by atoms with E-state index in [2.05, 4.69) is 30.8 Å². The van der Waals surface area contributed by atoms with Crippen molar-refractivity contribution in [2.45, 2.75) is 5.37 Å². The lowest BCUT2D eigenvalue weighted by Gasteiger charge is -2.25. The van der Waals surface area contributed by atoms with Crippen molar-refractivity contribution in [3.8, 4) is 0 Å². The van der Waals surface area contributed by atoms with Crippen LogP contribution in [0.25, 0.3) is 0 Å². The Kier molecular flexibility index (Phi) is 2.10. The van der Waals surface area contributed by atoms with Crippen LogP contribution in [-0.2, 0) is 9.59 Å². The van der Waals surface area contributed by atoms with E-state index in [9.17, 15) is 9.59 Å². The van der Waals surface area contributed by atoms with Crippen molar-refractivity contribution in [1.29, 1.82) is 0 Å². The second-order valence-electron chi connectivity index (χ2n) is 1.87. The van der Waals surface area contributed by atoms with Crippen molar-refractivity contribution in [1.82, 2.24) is 9.62 Å². The molecule has 1 atom stereocenters. The molecule has 0 aliphatic carbocycles. The molecule has 1 unspecified atom stereocenters. The molecule has 0 radical (unpaired) electrons. The van der Waals surface area contributed by atoms with Crippen LogP contribution in [-0.4, -0.2) is 28.0 Å². The summed E-state index contributed by atoms with van der Waals surface area (Å²) in [6, 6.07) is 0. The van der Waals surface area contributed by atoms with Crippen LogP contribution in [0.5, 0.6) is 0 Å². The summed E-state index contributed by atoms with van der Waals surface area (Å²) in [5.74, 6) is -0.541. The van der Waals surface area contributed by atoms with Gasteiger partial charge in [0.2, 0.25) is 5.91 Å². The Bertz CT molecular complexity index is 168. The fourth-order valence-corrected chi connectivity index (χ4v) is 1.23. The molecule has 2 amide bonds. The summed E-state index contributed by atoms with van der Waals surface area (Å²) in [5.41, 5.74) is 0. The van der Waals surface area contributed by atoms with Crippen molar-refractivity contribution in [3.05, 3.63) is 0 Å². The lowest BCUT2D eigenvalue weighted by molar-refractivity contribution is -0.136. The molecule has 1 N–H and O–H groups in total. The topological polar surface area (TPSA) is 49.4 Å². The molecule has 4 nitrogen and oxygen atoms in total. The van der Waals surface area contributed by atoms with E-state index in [1.807, 2.05) is 0 Å². The normalized spacial score (nSPS) is 26.6. The van der Waals surface area contributed by atoms with Gasteiger partial charge in [-0.1, -0.05) is 12.8 Å². The van der Waals surface area contributed by atoms with Crippen LogP contribution in [0.1, 0.15) is 0 Å². The minimum Gasteiger partial charge on any atom is -0.335 e. The van der Waals surface area contributed by atoms with E-state index in [1.165, 1.54) is 0 Å². The highest BCUT2D eigenvalue weighted by Gasteiger charge is 2.27. The molecule has 0 bridgehead atoms. The van der Waals surface area contributed by atoms with Gasteiger partial charge >= 0.3 is 0 Å². The number of nitrogens with one attached hydrogen (secondary N) is 1. The predicted octanol–water partition coefficient (Wildman–Crippen LogP) is -0.955. The summed E-state index contributed by atoms with van der Waals surface area (Å²) in [6.07, 6.45) is 0. The van der Waals surface area contributed by atoms with Crippen molar-refractivity contribution in [3.63, 3.8) is 0 Å². The Labute approximate surface area is 68.9 Å². The van der Waals surface area contributed by atoms with Gasteiger partial charge in [-0.3, -0.25) is 13.9 Å². The molecule has 1 rings (SSSR count). The van der Waals surface area contributed by atoms with Gasteiger partial charge in [-0.05, 0) is 0 Å². The monoisotopic (exact) mass is 178 g/mol. The zero-order valence-corrected chi connectivity index (χ0v) is 6.73. The fourth-order valence-electron chi connectivity index (χ4n) is 0.615. The molecule has 0 saturated carbocycles. The van der Waals surface area contributed by atoms with Crippen molar-refractivity contribution >= 4 is 37.3 Å². The maximum atomic E-state index is 10.8. The number of rotatable bonds is 0. The molecule has 0 spiro atoms. The summed E-state index contributed by atoms with van der Waals surface area (Å²) in [6.45, 7) is -0.000988. The minimum absolute atomic E-state index is 0.000988. The zero-order chi connectivity index (χ0) is 7.72. The number of thiol groups is 2. The second-order valence-corrected chi connectivity index (χ2v) is 2.87. The van der Waals surface area contributed by atoms with Gasteiger partial charge in [-0.15, -0.1) is 12.6 Å². The first-order valence-electron chi connectivity index (χ1n) is 2.59. The average Bonchev–Trinajstić information content (AvgIpc) is 1.82. The van der Waals surface area contributed by atoms with E-state index >= 15 is 0 Å². The van der Waals surface area contributed by atoms with E-state index in [4.69, 9.17) is 0 Å². The highest BCUT2D eigenvalue weighted by molar-refractivity contribution is 7.82. The average molecular weight is 178 g/mol. The SMILES string of the molecule is O=C1CN(S)C(=O)C(S)N1. The third kappa shape index (κ3) is 1.38. The first-order valence-corrected chi connectivity index (χ1v) is 3.50. The Balaban J connectivity index is 2.66. The molecule has 1 fully saturated rings. The molecule has 0 aromatic carbocycles. The zero-order valence-electron chi connectivity index (χ0n) is 4.94. The summed E-state index contributed by atoms with van der Waals surface area (Å²) in [7, 11) is 0. The number of amides is 2. The highest BCUT2D eigenvalue weighted by atomic mass is 32.1.